The number of likely N-dealkylation sites (tertiary alicyclic amines) is 1. The van der Waals surface area contributed by atoms with Crippen molar-refractivity contribution in [3.63, 3.8) is 0 Å². The van der Waals surface area contributed by atoms with Crippen molar-refractivity contribution in [2.45, 2.75) is 39.2 Å². The van der Waals surface area contributed by atoms with Crippen LogP contribution in [0.3, 0.4) is 0 Å². The van der Waals surface area contributed by atoms with Gasteiger partial charge in [-0.3, -0.25) is 4.98 Å². The van der Waals surface area contributed by atoms with Gasteiger partial charge in [0.15, 0.2) is 0 Å². The largest absolute Gasteiger partial charge is 0.478 e. The Kier molecular flexibility index (Phi) is 5.49. The molecule has 2 aromatic rings. The number of carboxylic acid groups (broad SMARTS) is 1. The predicted molar refractivity (Wildman–Crippen MR) is 99.8 cm³/mol. The fourth-order valence-electron chi connectivity index (χ4n) is 3.71. The van der Waals surface area contributed by atoms with Crippen molar-refractivity contribution in [1.29, 1.82) is 0 Å². The standard InChI is InChI=1S/C21H26N2O2/c1-15(2)23-11-5-6-17(14-23)12-16-9-10-22-20(13-16)18-7-3-4-8-19(18)21(24)25/h3-4,7-10,13,15,17H,5-6,11-12,14H2,1-2H3,(H,24,25)/t17-/m1/s1. The molecular weight excluding hydrogens is 312 g/mol. The van der Waals surface area contributed by atoms with Gasteiger partial charge in [0.05, 0.1) is 11.3 Å². The number of carbonyl (C=O) groups is 1. The summed E-state index contributed by atoms with van der Waals surface area (Å²) in [6.45, 7) is 6.86. The number of benzene rings is 1. The van der Waals surface area contributed by atoms with Crippen LogP contribution in [0.25, 0.3) is 11.3 Å². The molecule has 1 fully saturated rings. The van der Waals surface area contributed by atoms with Gasteiger partial charge < -0.3 is 10.0 Å². The van der Waals surface area contributed by atoms with Crippen LogP contribution in [0.1, 0.15) is 42.6 Å². The Balaban J connectivity index is 1.80. The van der Waals surface area contributed by atoms with Crippen LogP contribution in [0.2, 0.25) is 0 Å². The van der Waals surface area contributed by atoms with Gasteiger partial charge in [0.25, 0.3) is 0 Å². The Labute approximate surface area is 149 Å². The summed E-state index contributed by atoms with van der Waals surface area (Å²) in [4.78, 5) is 18.4. The number of aromatic nitrogens is 1. The molecule has 0 radical (unpaired) electrons. The van der Waals surface area contributed by atoms with E-state index in [4.69, 9.17) is 0 Å². The summed E-state index contributed by atoms with van der Waals surface area (Å²) in [6.07, 6.45) is 5.33. The summed E-state index contributed by atoms with van der Waals surface area (Å²) in [7, 11) is 0. The zero-order valence-electron chi connectivity index (χ0n) is 15.0. The van der Waals surface area contributed by atoms with Gasteiger partial charge in [-0.15, -0.1) is 0 Å². The Morgan fingerprint density at radius 1 is 1.32 bits per heavy atom. The molecule has 0 unspecified atom stereocenters. The lowest BCUT2D eigenvalue weighted by atomic mass is 9.90. The Morgan fingerprint density at radius 2 is 2.12 bits per heavy atom. The molecule has 2 heterocycles. The van der Waals surface area contributed by atoms with E-state index < -0.39 is 5.97 Å². The van der Waals surface area contributed by atoms with E-state index in [0.29, 0.717) is 23.1 Å². The molecule has 132 valence electrons. The van der Waals surface area contributed by atoms with Crippen LogP contribution >= 0.6 is 0 Å². The van der Waals surface area contributed by atoms with E-state index in [1.165, 1.54) is 24.9 Å². The first-order valence-electron chi connectivity index (χ1n) is 9.06. The monoisotopic (exact) mass is 338 g/mol. The highest BCUT2D eigenvalue weighted by Gasteiger charge is 2.22. The molecule has 0 aliphatic carbocycles. The minimum Gasteiger partial charge on any atom is -0.478 e. The third-order valence-electron chi connectivity index (χ3n) is 5.06. The van der Waals surface area contributed by atoms with Crippen molar-refractivity contribution in [3.8, 4) is 11.3 Å². The highest BCUT2D eigenvalue weighted by Crippen LogP contribution is 2.26. The Hall–Kier alpha value is -2.20. The van der Waals surface area contributed by atoms with Crippen molar-refractivity contribution in [2.24, 2.45) is 5.92 Å². The van der Waals surface area contributed by atoms with E-state index >= 15 is 0 Å². The van der Waals surface area contributed by atoms with E-state index in [2.05, 4.69) is 35.9 Å². The van der Waals surface area contributed by atoms with Crippen LogP contribution < -0.4 is 0 Å². The summed E-state index contributed by atoms with van der Waals surface area (Å²) in [5, 5.41) is 9.41. The second-order valence-corrected chi connectivity index (χ2v) is 7.20. The van der Waals surface area contributed by atoms with Gasteiger partial charge in [0.2, 0.25) is 0 Å². The maximum atomic E-state index is 11.5. The minimum absolute atomic E-state index is 0.302. The number of rotatable bonds is 5. The zero-order chi connectivity index (χ0) is 17.8. The lowest BCUT2D eigenvalue weighted by Gasteiger charge is -2.35. The normalized spacial score (nSPS) is 18.4. The molecule has 1 aliphatic rings. The first kappa shape index (κ1) is 17.6. The van der Waals surface area contributed by atoms with Crippen LogP contribution in [0, 0.1) is 5.92 Å². The molecule has 1 aliphatic heterocycles. The molecular formula is C21H26N2O2. The van der Waals surface area contributed by atoms with Gasteiger partial charge in [-0.1, -0.05) is 18.2 Å². The molecule has 1 aromatic heterocycles. The van der Waals surface area contributed by atoms with Crippen molar-refractivity contribution in [1.82, 2.24) is 9.88 Å². The number of nitrogens with zero attached hydrogens (tertiary/aromatic N) is 2. The number of aromatic carboxylic acids is 1. The second kappa shape index (κ2) is 7.79. The fraction of sp³-hybridized carbons (Fsp3) is 0.429. The molecule has 0 saturated carbocycles. The second-order valence-electron chi connectivity index (χ2n) is 7.20. The first-order chi connectivity index (χ1) is 12.0. The summed E-state index contributed by atoms with van der Waals surface area (Å²) in [6, 6.07) is 11.8. The van der Waals surface area contributed by atoms with Gasteiger partial charge in [0.1, 0.15) is 0 Å². The van der Waals surface area contributed by atoms with Crippen molar-refractivity contribution in [3.05, 3.63) is 53.7 Å². The average molecular weight is 338 g/mol. The third-order valence-corrected chi connectivity index (χ3v) is 5.06. The SMILES string of the molecule is CC(C)N1CCC[C@H](Cc2ccnc(-c3ccccc3C(=O)O)c2)C1. The number of carboxylic acids is 1. The third kappa shape index (κ3) is 4.26. The fourth-order valence-corrected chi connectivity index (χ4v) is 3.71. The molecule has 25 heavy (non-hydrogen) atoms. The molecule has 0 bridgehead atoms. The quantitative estimate of drug-likeness (QED) is 0.891. The molecule has 1 atom stereocenters. The van der Waals surface area contributed by atoms with Crippen molar-refractivity contribution in [2.75, 3.05) is 13.1 Å². The minimum atomic E-state index is -0.914. The summed E-state index contributed by atoms with van der Waals surface area (Å²) in [5.41, 5.74) is 2.97. The van der Waals surface area contributed by atoms with Crippen molar-refractivity contribution >= 4 is 5.97 Å². The number of pyridine rings is 1. The number of piperidine rings is 1. The van der Waals surface area contributed by atoms with Gasteiger partial charge in [-0.05, 0) is 69.3 Å². The summed E-state index contributed by atoms with van der Waals surface area (Å²) >= 11 is 0. The van der Waals surface area contributed by atoms with E-state index in [-0.39, 0.29) is 0 Å². The van der Waals surface area contributed by atoms with E-state index in [0.717, 1.165) is 18.7 Å². The smallest absolute Gasteiger partial charge is 0.336 e. The van der Waals surface area contributed by atoms with E-state index in [1.54, 1.807) is 18.3 Å². The van der Waals surface area contributed by atoms with Crippen LogP contribution in [-0.4, -0.2) is 40.1 Å². The van der Waals surface area contributed by atoms with Gasteiger partial charge in [-0.25, -0.2) is 4.79 Å². The van der Waals surface area contributed by atoms with Crippen LogP contribution in [-0.2, 0) is 6.42 Å². The van der Waals surface area contributed by atoms with Gasteiger partial charge in [-0.2, -0.15) is 0 Å². The number of hydrogen-bond donors (Lipinski definition) is 1. The Bertz CT molecular complexity index is 742. The molecule has 3 rings (SSSR count). The molecule has 4 nitrogen and oxygen atoms in total. The lowest BCUT2D eigenvalue weighted by molar-refractivity contribution is 0.0697. The molecule has 0 spiro atoms. The molecule has 1 aromatic carbocycles. The van der Waals surface area contributed by atoms with Crippen molar-refractivity contribution < 1.29 is 9.90 Å². The van der Waals surface area contributed by atoms with Crippen LogP contribution in [0.15, 0.2) is 42.6 Å². The predicted octanol–water partition coefficient (Wildman–Crippen LogP) is 4.11. The average Bonchev–Trinajstić information content (AvgIpc) is 2.62. The van der Waals surface area contributed by atoms with Gasteiger partial charge in [0, 0.05) is 24.3 Å². The molecule has 0 amide bonds. The van der Waals surface area contributed by atoms with E-state index in [9.17, 15) is 9.90 Å². The molecule has 4 heteroatoms. The maximum Gasteiger partial charge on any atom is 0.336 e. The van der Waals surface area contributed by atoms with Crippen LogP contribution in [0.5, 0.6) is 0 Å². The first-order valence-corrected chi connectivity index (χ1v) is 9.06. The maximum absolute atomic E-state index is 11.5. The van der Waals surface area contributed by atoms with Gasteiger partial charge >= 0.3 is 5.97 Å². The molecule has 1 N–H and O–H groups in total. The highest BCUT2D eigenvalue weighted by atomic mass is 16.4. The molecule has 1 saturated heterocycles. The van der Waals surface area contributed by atoms with E-state index in [1.807, 2.05) is 12.1 Å². The summed E-state index contributed by atoms with van der Waals surface area (Å²) in [5.74, 6) is -0.260. The van der Waals surface area contributed by atoms with Crippen LogP contribution in [0.4, 0.5) is 0 Å². The summed E-state index contributed by atoms with van der Waals surface area (Å²) < 4.78 is 0. The number of hydrogen-bond acceptors (Lipinski definition) is 3. The lowest BCUT2D eigenvalue weighted by Crippen LogP contribution is -2.40. The topological polar surface area (TPSA) is 53.4 Å². The Morgan fingerprint density at radius 3 is 2.88 bits per heavy atom. The zero-order valence-corrected chi connectivity index (χ0v) is 15.0. The highest BCUT2D eigenvalue weighted by molar-refractivity contribution is 5.95.